The first kappa shape index (κ1) is 18.2. The third-order valence-corrected chi connectivity index (χ3v) is 5.31. The first-order chi connectivity index (χ1) is 13.5. The molecule has 4 rings (SSSR count). The van der Waals surface area contributed by atoms with Crippen LogP contribution in [0, 0.1) is 12.8 Å². The molecule has 1 saturated heterocycles. The molecule has 144 valence electrons. The fourth-order valence-electron chi connectivity index (χ4n) is 3.78. The highest BCUT2D eigenvalue weighted by Gasteiger charge is 2.29. The number of amides is 2. The number of Topliss-reactive ketones (excluding diaryl/α,β-unsaturated/α-hetero) is 1. The standard InChI is InChI=1S/C22H22N2O4/c1-14-3-2-4-17(11-14)22(27)24-9-7-15(8-10-24)21(26)16-5-6-19-18(12-16)23-20(25)13-28-19/h2-6,11-12,15H,7-10,13H2,1H3,(H,23,25). The first-order valence-corrected chi connectivity index (χ1v) is 9.48. The summed E-state index contributed by atoms with van der Waals surface area (Å²) < 4.78 is 5.34. The summed E-state index contributed by atoms with van der Waals surface area (Å²) in [5.74, 6) is 0.295. The second-order valence-corrected chi connectivity index (χ2v) is 7.35. The number of aryl methyl sites for hydroxylation is 1. The maximum atomic E-state index is 12.9. The summed E-state index contributed by atoms with van der Waals surface area (Å²) in [4.78, 5) is 38.9. The van der Waals surface area contributed by atoms with Crippen molar-refractivity contribution in [2.45, 2.75) is 19.8 Å². The van der Waals surface area contributed by atoms with Crippen molar-refractivity contribution in [2.75, 3.05) is 25.0 Å². The smallest absolute Gasteiger partial charge is 0.262 e. The Labute approximate surface area is 163 Å². The molecule has 0 saturated carbocycles. The number of likely N-dealkylation sites (tertiary alicyclic amines) is 1. The Morgan fingerprint density at radius 2 is 1.86 bits per heavy atom. The zero-order chi connectivity index (χ0) is 19.7. The lowest BCUT2D eigenvalue weighted by Gasteiger charge is -2.31. The molecular formula is C22H22N2O4. The molecule has 1 N–H and O–H groups in total. The SMILES string of the molecule is Cc1cccc(C(=O)N2CCC(C(=O)c3ccc4c(c3)NC(=O)CO4)CC2)c1. The molecule has 1 fully saturated rings. The number of piperidine rings is 1. The van der Waals surface area contributed by atoms with Crippen LogP contribution in [0.5, 0.6) is 5.75 Å². The van der Waals surface area contributed by atoms with Gasteiger partial charge in [-0.2, -0.15) is 0 Å². The Morgan fingerprint density at radius 1 is 1.07 bits per heavy atom. The molecule has 0 radical (unpaired) electrons. The number of benzene rings is 2. The molecule has 2 aromatic carbocycles. The van der Waals surface area contributed by atoms with Gasteiger partial charge in [0.2, 0.25) is 0 Å². The number of nitrogens with one attached hydrogen (secondary N) is 1. The minimum absolute atomic E-state index is 0.00623. The molecule has 0 bridgehead atoms. The van der Waals surface area contributed by atoms with Crippen molar-refractivity contribution in [3.8, 4) is 5.75 Å². The molecule has 0 spiro atoms. The highest BCUT2D eigenvalue weighted by atomic mass is 16.5. The van der Waals surface area contributed by atoms with E-state index >= 15 is 0 Å². The highest BCUT2D eigenvalue weighted by molar-refractivity contribution is 6.02. The van der Waals surface area contributed by atoms with Crippen LogP contribution in [-0.4, -0.2) is 42.2 Å². The Kier molecular flexibility index (Phi) is 4.86. The van der Waals surface area contributed by atoms with Gasteiger partial charge in [-0.25, -0.2) is 0 Å². The molecule has 2 amide bonds. The number of hydrogen-bond acceptors (Lipinski definition) is 4. The molecule has 2 heterocycles. The van der Waals surface area contributed by atoms with Gasteiger partial charge in [0.15, 0.2) is 12.4 Å². The lowest BCUT2D eigenvalue weighted by molar-refractivity contribution is -0.118. The van der Waals surface area contributed by atoms with E-state index in [0.717, 1.165) is 5.56 Å². The van der Waals surface area contributed by atoms with Crippen LogP contribution < -0.4 is 10.1 Å². The maximum Gasteiger partial charge on any atom is 0.262 e. The van der Waals surface area contributed by atoms with Crippen LogP contribution in [-0.2, 0) is 4.79 Å². The van der Waals surface area contributed by atoms with E-state index in [1.807, 2.05) is 36.1 Å². The van der Waals surface area contributed by atoms with Crippen molar-refractivity contribution in [1.29, 1.82) is 0 Å². The van der Waals surface area contributed by atoms with Crippen LogP contribution in [0.2, 0.25) is 0 Å². The molecule has 0 aliphatic carbocycles. The Morgan fingerprint density at radius 3 is 2.61 bits per heavy atom. The van der Waals surface area contributed by atoms with Gasteiger partial charge in [-0.05, 0) is 50.1 Å². The summed E-state index contributed by atoms with van der Waals surface area (Å²) in [6.07, 6.45) is 1.27. The van der Waals surface area contributed by atoms with Crippen molar-refractivity contribution >= 4 is 23.3 Å². The summed E-state index contributed by atoms with van der Waals surface area (Å²) in [5.41, 5.74) is 2.84. The summed E-state index contributed by atoms with van der Waals surface area (Å²) in [5, 5.41) is 2.73. The molecule has 0 unspecified atom stereocenters. The number of hydrogen-bond donors (Lipinski definition) is 1. The molecular weight excluding hydrogens is 356 g/mol. The molecule has 0 aromatic heterocycles. The van der Waals surface area contributed by atoms with Crippen LogP contribution in [0.25, 0.3) is 0 Å². The lowest BCUT2D eigenvalue weighted by atomic mass is 9.88. The quantitative estimate of drug-likeness (QED) is 0.833. The van der Waals surface area contributed by atoms with Gasteiger partial charge in [-0.1, -0.05) is 17.7 Å². The van der Waals surface area contributed by atoms with Gasteiger partial charge in [-0.3, -0.25) is 14.4 Å². The Balaban J connectivity index is 1.41. The molecule has 6 nitrogen and oxygen atoms in total. The summed E-state index contributed by atoms with van der Waals surface area (Å²) in [7, 11) is 0. The van der Waals surface area contributed by atoms with Crippen LogP contribution in [0.3, 0.4) is 0 Å². The topological polar surface area (TPSA) is 75.7 Å². The highest BCUT2D eigenvalue weighted by Crippen LogP contribution is 2.31. The van der Waals surface area contributed by atoms with Gasteiger partial charge in [0.05, 0.1) is 5.69 Å². The second-order valence-electron chi connectivity index (χ2n) is 7.35. The normalized spacial score (nSPS) is 16.8. The molecule has 28 heavy (non-hydrogen) atoms. The molecule has 6 heteroatoms. The number of rotatable bonds is 3. The lowest BCUT2D eigenvalue weighted by Crippen LogP contribution is -2.40. The fourth-order valence-corrected chi connectivity index (χ4v) is 3.78. The van der Waals surface area contributed by atoms with Gasteiger partial charge in [0, 0.05) is 30.1 Å². The average molecular weight is 378 g/mol. The largest absolute Gasteiger partial charge is 0.482 e. The van der Waals surface area contributed by atoms with Crippen LogP contribution in [0.4, 0.5) is 5.69 Å². The van der Waals surface area contributed by atoms with E-state index in [9.17, 15) is 14.4 Å². The third kappa shape index (κ3) is 3.63. The van der Waals surface area contributed by atoms with E-state index in [-0.39, 0.29) is 30.1 Å². The number of anilines is 1. The zero-order valence-corrected chi connectivity index (χ0v) is 15.7. The van der Waals surface area contributed by atoms with Crippen LogP contribution in [0.15, 0.2) is 42.5 Å². The summed E-state index contributed by atoms with van der Waals surface area (Å²) >= 11 is 0. The van der Waals surface area contributed by atoms with Gasteiger partial charge in [0.25, 0.3) is 11.8 Å². The van der Waals surface area contributed by atoms with Crippen molar-refractivity contribution < 1.29 is 19.1 Å². The molecule has 2 aromatic rings. The minimum atomic E-state index is -0.222. The maximum absolute atomic E-state index is 12.9. The predicted octanol–water partition coefficient (Wildman–Crippen LogP) is 3.06. The van der Waals surface area contributed by atoms with E-state index in [0.29, 0.717) is 48.5 Å². The van der Waals surface area contributed by atoms with Crippen molar-refractivity contribution in [3.05, 3.63) is 59.2 Å². The number of carbonyl (C=O) groups excluding carboxylic acids is 3. The van der Waals surface area contributed by atoms with Crippen molar-refractivity contribution in [2.24, 2.45) is 5.92 Å². The summed E-state index contributed by atoms with van der Waals surface area (Å²) in [6, 6.07) is 12.7. The molecule has 0 atom stereocenters. The van der Waals surface area contributed by atoms with Crippen LogP contribution in [0.1, 0.15) is 39.1 Å². The molecule has 2 aliphatic heterocycles. The number of ketones is 1. The minimum Gasteiger partial charge on any atom is -0.482 e. The molecule has 2 aliphatic rings. The van der Waals surface area contributed by atoms with Gasteiger partial charge >= 0.3 is 0 Å². The monoisotopic (exact) mass is 378 g/mol. The third-order valence-electron chi connectivity index (χ3n) is 5.31. The first-order valence-electron chi connectivity index (χ1n) is 9.48. The second kappa shape index (κ2) is 7.46. The van der Waals surface area contributed by atoms with Gasteiger partial charge < -0.3 is 15.0 Å². The number of ether oxygens (including phenoxy) is 1. The van der Waals surface area contributed by atoms with E-state index in [1.165, 1.54) is 0 Å². The van der Waals surface area contributed by atoms with E-state index in [1.54, 1.807) is 18.2 Å². The van der Waals surface area contributed by atoms with Gasteiger partial charge in [-0.15, -0.1) is 0 Å². The predicted molar refractivity (Wildman–Crippen MR) is 105 cm³/mol. The Bertz CT molecular complexity index is 945. The van der Waals surface area contributed by atoms with E-state index in [4.69, 9.17) is 4.74 Å². The fraction of sp³-hybridized carbons (Fsp3) is 0.318. The zero-order valence-electron chi connectivity index (χ0n) is 15.7. The Hall–Kier alpha value is -3.15. The number of nitrogens with zero attached hydrogens (tertiary/aromatic N) is 1. The van der Waals surface area contributed by atoms with Crippen molar-refractivity contribution in [1.82, 2.24) is 4.90 Å². The number of carbonyl (C=O) groups is 3. The van der Waals surface area contributed by atoms with Crippen molar-refractivity contribution in [3.63, 3.8) is 0 Å². The van der Waals surface area contributed by atoms with Crippen LogP contribution >= 0.6 is 0 Å². The van der Waals surface area contributed by atoms with E-state index in [2.05, 4.69) is 5.32 Å². The van der Waals surface area contributed by atoms with Gasteiger partial charge in [0.1, 0.15) is 5.75 Å². The average Bonchev–Trinajstić information content (AvgIpc) is 2.72. The summed E-state index contributed by atoms with van der Waals surface area (Å²) in [6.45, 7) is 3.09. The number of fused-ring (bicyclic) bond motifs is 1. The van der Waals surface area contributed by atoms with E-state index < -0.39 is 0 Å².